The Kier molecular flexibility index (Phi) is 4.05. The number of aromatic nitrogens is 2. The minimum Gasteiger partial charge on any atom is -0.325 e. The Hall–Kier alpha value is -2.99. The number of benzene rings is 2. The van der Waals surface area contributed by atoms with E-state index in [1.54, 1.807) is 0 Å². The zero-order valence-electron chi connectivity index (χ0n) is 14.4. The largest absolute Gasteiger partial charge is 0.325 e. The molecule has 0 aliphatic heterocycles. The van der Waals surface area contributed by atoms with Crippen molar-refractivity contribution in [3.8, 4) is 0 Å². The molecule has 0 bridgehead atoms. The van der Waals surface area contributed by atoms with Gasteiger partial charge in [0.1, 0.15) is 11.4 Å². The van der Waals surface area contributed by atoms with E-state index in [9.17, 15) is 9.59 Å². The Labute approximate surface area is 153 Å². The van der Waals surface area contributed by atoms with Crippen LogP contribution in [0.3, 0.4) is 0 Å². The highest BCUT2D eigenvalue weighted by molar-refractivity contribution is 7.18. The maximum atomic E-state index is 12.7. The van der Waals surface area contributed by atoms with Gasteiger partial charge in [0.15, 0.2) is 0 Å². The van der Waals surface area contributed by atoms with Gasteiger partial charge >= 0.3 is 0 Å². The van der Waals surface area contributed by atoms with Gasteiger partial charge in [-0.3, -0.25) is 14.2 Å². The lowest BCUT2D eigenvalue weighted by Crippen LogP contribution is -2.27. The SMILES string of the molecule is Cc1sc2ncn(CC(=O)Nc3ccc4ccccc4c3)c(=O)c2c1C. The van der Waals surface area contributed by atoms with Crippen molar-refractivity contribution >= 4 is 43.9 Å². The lowest BCUT2D eigenvalue weighted by Gasteiger charge is -2.08. The van der Waals surface area contributed by atoms with Crippen LogP contribution < -0.4 is 10.9 Å². The van der Waals surface area contributed by atoms with Gasteiger partial charge in [-0.25, -0.2) is 4.98 Å². The Morgan fingerprint density at radius 3 is 2.73 bits per heavy atom. The normalized spacial score (nSPS) is 11.2. The summed E-state index contributed by atoms with van der Waals surface area (Å²) in [7, 11) is 0. The fourth-order valence-electron chi connectivity index (χ4n) is 3.00. The van der Waals surface area contributed by atoms with Crippen LogP contribution in [0.2, 0.25) is 0 Å². The molecular weight excluding hydrogens is 346 g/mol. The van der Waals surface area contributed by atoms with Crippen LogP contribution in [0.5, 0.6) is 0 Å². The van der Waals surface area contributed by atoms with Gasteiger partial charge in [0, 0.05) is 10.6 Å². The second-order valence-corrected chi connectivity index (χ2v) is 7.45. The Morgan fingerprint density at radius 1 is 1.15 bits per heavy atom. The van der Waals surface area contributed by atoms with E-state index in [4.69, 9.17) is 0 Å². The standard InChI is InChI=1S/C20H17N3O2S/c1-12-13(2)26-19-18(12)20(25)23(11-21-19)10-17(24)22-16-8-7-14-5-3-4-6-15(14)9-16/h3-9,11H,10H2,1-2H3,(H,22,24). The van der Waals surface area contributed by atoms with Gasteiger partial charge in [0.05, 0.1) is 11.7 Å². The summed E-state index contributed by atoms with van der Waals surface area (Å²) in [4.78, 5) is 31.2. The van der Waals surface area contributed by atoms with E-state index in [1.807, 2.05) is 56.3 Å². The second kappa shape index (κ2) is 6.38. The van der Waals surface area contributed by atoms with E-state index in [1.165, 1.54) is 22.2 Å². The summed E-state index contributed by atoms with van der Waals surface area (Å²) in [6, 6.07) is 13.7. The van der Waals surface area contributed by atoms with Crippen LogP contribution >= 0.6 is 11.3 Å². The van der Waals surface area contributed by atoms with Crippen molar-refractivity contribution in [2.24, 2.45) is 0 Å². The minimum absolute atomic E-state index is 0.0665. The zero-order valence-corrected chi connectivity index (χ0v) is 15.3. The van der Waals surface area contributed by atoms with Crippen LogP contribution in [0.25, 0.3) is 21.0 Å². The van der Waals surface area contributed by atoms with Gasteiger partial charge < -0.3 is 5.32 Å². The molecule has 4 rings (SSSR count). The number of nitrogens with one attached hydrogen (secondary N) is 1. The molecule has 4 aromatic rings. The number of carbonyl (C=O) groups excluding carboxylic acids is 1. The summed E-state index contributed by atoms with van der Waals surface area (Å²) in [5, 5.41) is 5.62. The topological polar surface area (TPSA) is 64.0 Å². The number of hydrogen-bond acceptors (Lipinski definition) is 4. The van der Waals surface area contributed by atoms with Crippen LogP contribution in [-0.4, -0.2) is 15.5 Å². The zero-order chi connectivity index (χ0) is 18.3. The third-order valence-corrected chi connectivity index (χ3v) is 5.62. The number of hydrogen-bond donors (Lipinski definition) is 1. The molecule has 2 aromatic carbocycles. The third kappa shape index (κ3) is 2.88. The molecule has 0 aliphatic carbocycles. The molecule has 0 saturated heterocycles. The van der Waals surface area contributed by atoms with Crippen molar-refractivity contribution < 1.29 is 4.79 Å². The number of amides is 1. The first-order valence-electron chi connectivity index (χ1n) is 8.27. The van der Waals surface area contributed by atoms with Gasteiger partial charge in [-0.2, -0.15) is 0 Å². The molecule has 130 valence electrons. The summed E-state index contributed by atoms with van der Waals surface area (Å²) >= 11 is 1.50. The maximum absolute atomic E-state index is 12.7. The highest BCUT2D eigenvalue weighted by atomic mass is 32.1. The number of fused-ring (bicyclic) bond motifs is 2. The molecule has 0 spiro atoms. The third-order valence-electron chi connectivity index (χ3n) is 4.50. The molecule has 2 heterocycles. The van der Waals surface area contributed by atoms with Crippen LogP contribution in [0.4, 0.5) is 5.69 Å². The van der Waals surface area contributed by atoms with Crippen molar-refractivity contribution in [1.82, 2.24) is 9.55 Å². The summed E-state index contributed by atoms with van der Waals surface area (Å²) in [6.45, 7) is 3.82. The van der Waals surface area contributed by atoms with Crippen molar-refractivity contribution in [3.05, 3.63) is 69.6 Å². The van der Waals surface area contributed by atoms with Crippen molar-refractivity contribution in [2.75, 3.05) is 5.32 Å². The van der Waals surface area contributed by atoms with E-state index in [-0.39, 0.29) is 18.0 Å². The molecule has 2 aromatic heterocycles. The van der Waals surface area contributed by atoms with Crippen LogP contribution in [0.15, 0.2) is 53.6 Å². The number of carbonyl (C=O) groups is 1. The maximum Gasteiger partial charge on any atom is 0.262 e. The molecule has 0 unspecified atom stereocenters. The summed E-state index contributed by atoms with van der Waals surface area (Å²) in [5.74, 6) is -0.256. The Balaban J connectivity index is 1.59. The van der Waals surface area contributed by atoms with Gasteiger partial charge in [-0.05, 0) is 42.3 Å². The number of aryl methyl sites for hydroxylation is 2. The molecule has 0 saturated carbocycles. The molecule has 0 fully saturated rings. The predicted octanol–water partition coefficient (Wildman–Crippen LogP) is 3.87. The fraction of sp³-hybridized carbons (Fsp3) is 0.150. The lowest BCUT2D eigenvalue weighted by atomic mass is 10.1. The lowest BCUT2D eigenvalue weighted by molar-refractivity contribution is -0.116. The molecule has 0 aliphatic rings. The van der Waals surface area contributed by atoms with Gasteiger partial charge in [-0.15, -0.1) is 11.3 Å². The summed E-state index contributed by atoms with van der Waals surface area (Å²) in [6.07, 6.45) is 1.44. The van der Waals surface area contributed by atoms with Gasteiger partial charge in [0.25, 0.3) is 5.56 Å². The molecule has 26 heavy (non-hydrogen) atoms. The molecule has 0 radical (unpaired) electrons. The summed E-state index contributed by atoms with van der Waals surface area (Å²) < 4.78 is 1.36. The van der Waals surface area contributed by atoms with E-state index in [0.717, 1.165) is 26.0 Å². The molecule has 1 N–H and O–H groups in total. The minimum atomic E-state index is -0.256. The predicted molar refractivity (Wildman–Crippen MR) is 106 cm³/mol. The van der Waals surface area contributed by atoms with E-state index in [2.05, 4.69) is 10.3 Å². The quantitative estimate of drug-likeness (QED) is 0.601. The van der Waals surface area contributed by atoms with E-state index in [0.29, 0.717) is 11.1 Å². The number of rotatable bonds is 3. The molecule has 0 atom stereocenters. The smallest absolute Gasteiger partial charge is 0.262 e. The molecular formula is C20H17N3O2S. The summed E-state index contributed by atoms with van der Waals surface area (Å²) in [5.41, 5.74) is 1.47. The van der Waals surface area contributed by atoms with Crippen LogP contribution in [0.1, 0.15) is 10.4 Å². The van der Waals surface area contributed by atoms with Gasteiger partial charge in [0.2, 0.25) is 5.91 Å². The fourth-order valence-corrected chi connectivity index (χ4v) is 3.99. The number of nitrogens with zero attached hydrogens (tertiary/aromatic N) is 2. The highest BCUT2D eigenvalue weighted by Gasteiger charge is 2.13. The average Bonchev–Trinajstić information content (AvgIpc) is 2.92. The first kappa shape index (κ1) is 16.5. The number of anilines is 1. The molecule has 1 amide bonds. The Bertz CT molecular complexity index is 1210. The van der Waals surface area contributed by atoms with Crippen molar-refractivity contribution in [3.63, 3.8) is 0 Å². The highest BCUT2D eigenvalue weighted by Crippen LogP contribution is 2.25. The van der Waals surface area contributed by atoms with Crippen molar-refractivity contribution in [2.45, 2.75) is 20.4 Å². The monoisotopic (exact) mass is 363 g/mol. The number of thiophene rings is 1. The first-order valence-corrected chi connectivity index (χ1v) is 9.08. The Morgan fingerprint density at radius 2 is 1.92 bits per heavy atom. The molecule has 5 nitrogen and oxygen atoms in total. The average molecular weight is 363 g/mol. The van der Waals surface area contributed by atoms with Crippen molar-refractivity contribution in [1.29, 1.82) is 0 Å². The van der Waals surface area contributed by atoms with Crippen LogP contribution in [0, 0.1) is 13.8 Å². The van der Waals surface area contributed by atoms with Crippen LogP contribution in [-0.2, 0) is 11.3 Å². The molecule has 6 heteroatoms. The first-order chi connectivity index (χ1) is 12.5. The second-order valence-electron chi connectivity index (χ2n) is 6.25. The van der Waals surface area contributed by atoms with E-state index < -0.39 is 0 Å². The van der Waals surface area contributed by atoms with Gasteiger partial charge in [-0.1, -0.05) is 30.3 Å². The van der Waals surface area contributed by atoms with E-state index >= 15 is 0 Å².